The number of thiophene rings is 1. The monoisotopic (exact) mass is 466 g/mol. The second-order valence-electron chi connectivity index (χ2n) is 8.71. The van der Waals surface area contributed by atoms with Crippen molar-refractivity contribution in [3.63, 3.8) is 0 Å². The number of nitrogens with zero attached hydrogens (tertiary/aromatic N) is 3. The smallest absolute Gasteiger partial charge is 0.276 e. The summed E-state index contributed by atoms with van der Waals surface area (Å²) in [5, 5.41) is 16.3. The molecular weight excluding hydrogens is 440 g/mol. The summed E-state index contributed by atoms with van der Waals surface area (Å²) in [6.45, 7) is 2.32. The normalized spacial score (nSPS) is 18.9. The molecule has 3 heterocycles. The highest BCUT2D eigenvalue weighted by Gasteiger charge is 2.42. The lowest BCUT2D eigenvalue weighted by Gasteiger charge is -2.43. The number of rotatable bonds is 5. The Morgan fingerprint density at radius 3 is 2.76 bits per heavy atom. The second-order valence-corrected chi connectivity index (χ2v) is 9.71. The van der Waals surface area contributed by atoms with Crippen molar-refractivity contribution < 1.29 is 14.5 Å². The number of nitro benzene ring substituents is 1. The summed E-state index contributed by atoms with van der Waals surface area (Å²) in [7, 11) is 1.64. The minimum absolute atomic E-state index is 0.0117. The Balaban J connectivity index is 1.71. The molecule has 2 aromatic heterocycles. The largest absolute Gasteiger partial charge is 0.380 e. The van der Waals surface area contributed by atoms with E-state index in [9.17, 15) is 14.9 Å². The number of nitrogens with one attached hydrogen (secondary N) is 1. The first kappa shape index (κ1) is 21.8. The van der Waals surface area contributed by atoms with Crippen LogP contribution >= 0.6 is 11.3 Å². The molecule has 1 aliphatic carbocycles. The molecule has 0 saturated heterocycles. The predicted molar refractivity (Wildman–Crippen MR) is 128 cm³/mol. The summed E-state index contributed by atoms with van der Waals surface area (Å²) in [6.07, 6.45) is 4.43. The van der Waals surface area contributed by atoms with Crippen molar-refractivity contribution in [3.8, 4) is 0 Å². The van der Waals surface area contributed by atoms with E-state index in [1.165, 1.54) is 17.4 Å². The Morgan fingerprint density at radius 2 is 2.03 bits per heavy atom. The Hall–Kier alpha value is -3.04. The van der Waals surface area contributed by atoms with Crippen molar-refractivity contribution in [2.75, 3.05) is 12.4 Å². The van der Waals surface area contributed by atoms with Gasteiger partial charge in [-0.25, -0.2) is 4.98 Å². The molecule has 1 aromatic carbocycles. The van der Waals surface area contributed by atoms with E-state index in [-0.39, 0.29) is 22.6 Å². The molecule has 33 heavy (non-hydrogen) atoms. The van der Waals surface area contributed by atoms with Gasteiger partial charge < -0.3 is 15.0 Å². The van der Waals surface area contributed by atoms with Gasteiger partial charge in [0.15, 0.2) is 0 Å². The molecule has 1 amide bonds. The molecular formula is C24H26N4O4S. The Labute approximate surface area is 195 Å². The first-order chi connectivity index (χ1) is 16.0. The van der Waals surface area contributed by atoms with Gasteiger partial charge in [-0.2, -0.15) is 0 Å². The number of benzene rings is 1. The predicted octanol–water partition coefficient (Wildman–Crippen LogP) is 5.56. The molecule has 1 atom stereocenters. The van der Waals surface area contributed by atoms with Crippen molar-refractivity contribution in [1.29, 1.82) is 0 Å². The zero-order valence-electron chi connectivity index (χ0n) is 18.7. The number of para-hydroxylation sites is 1. The quantitative estimate of drug-likeness (QED) is 0.391. The standard InChI is InChI=1S/C24H26N4O4S/c1-14-12-15(13-32-2)19-20-21(33-23(19)25-14)24(29)27(16-8-4-3-5-9-16)22(26-20)17-10-6-7-11-18(17)28(30)31/h6-7,10-12,16,22,26H,3-5,8-9,13H2,1-2H3/t22-/m0/s1. The molecule has 0 unspecified atom stereocenters. The summed E-state index contributed by atoms with van der Waals surface area (Å²) in [6, 6.07) is 8.70. The summed E-state index contributed by atoms with van der Waals surface area (Å²) < 4.78 is 5.42. The third kappa shape index (κ3) is 3.75. The Morgan fingerprint density at radius 1 is 1.27 bits per heavy atom. The van der Waals surface area contributed by atoms with Gasteiger partial charge in [0.2, 0.25) is 0 Å². The SMILES string of the molecule is COCc1cc(C)nc2sc3c(c12)N[C@H](c1ccccc1[N+](=O)[O-])N(C1CCCCC1)C3=O. The lowest BCUT2D eigenvalue weighted by molar-refractivity contribution is -0.385. The van der Waals surface area contributed by atoms with Crippen molar-refractivity contribution in [1.82, 2.24) is 9.88 Å². The second kappa shape index (κ2) is 8.72. The van der Waals surface area contributed by atoms with Crippen LogP contribution < -0.4 is 5.32 Å². The van der Waals surface area contributed by atoms with Crippen LogP contribution in [0.4, 0.5) is 11.4 Å². The fraction of sp³-hybridized carbons (Fsp3) is 0.417. The highest BCUT2D eigenvalue weighted by molar-refractivity contribution is 7.21. The van der Waals surface area contributed by atoms with E-state index < -0.39 is 6.17 Å². The number of aryl methyl sites for hydroxylation is 1. The van der Waals surface area contributed by atoms with Gasteiger partial charge in [-0.3, -0.25) is 14.9 Å². The van der Waals surface area contributed by atoms with Gasteiger partial charge in [-0.1, -0.05) is 31.4 Å². The number of pyridine rings is 1. The maximum atomic E-state index is 14.0. The molecule has 0 radical (unpaired) electrons. The number of ether oxygens (including phenoxy) is 1. The fourth-order valence-corrected chi connectivity index (χ4v) is 6.33. The van der Waals surface area contributed by atoms with Crippen LogP contribution in [0.15, 0.2) is 30.3 Å². The molecule has 8 nitrogen and oxygen atoms in total. The van der Waals surface area contributed by atoms with E-state index in [4.69, 9.17) is 4.74 Å². The molecule has 1 aliphatic heterocycles. The topological polar surface area (TPSA) is 97.6 Å². The summed E-state index contributed by atoms with van der Waals surface area (Å²) >= 11 is 1.38. The zero-order chi connectivity index (χ0) is 23.1. The first-order valence-electron chi connectivity index (χ1n) is 11.2. The van der Waals surface area contributed by atoms with Gasteiger partial charge >= 0.3 is 0 Å². The molecule has 0 spiro atoms. The lowest BCUT2D eigenvalue weighted by atomic mass is 9.91. The number of methoxy groups -OCH3 is 1. The van der Waals surface area contributed by atoms with E-state index in [0.29, 0.717) is 22.7 Å². The summed E-state index contributed by atoms with van der Waals surface area (Å²) in [5.41, 5.74) is 3.03. The third-order valence-electron chi connectivity index (χ3n) is 6.56. The number of hydrogen-bond acceptors (Lipinski definition) is 7. The van der Waals surface area contributed by atoms with E-state index >= 15 is 0 Å². The molecule has 1 saturated carbocycles. The van der Waals surface area contributed by atoms with Gasteiger partial charge in [-0.15, -0.1) is 11.3 Å². The molecule has 9 heteroatoms. The summed E-state index contributed by atoms with van der Waals surface area (Å²) in [4.78, 5) is 33.4. The van der Waals surface area contributed by atoms with Crippen LogP contribution in [-0.2, 0) is 11.3 Å². The van der Waals surface area contributed by atoms with Crippen LogP contribution in [0, 0.1) is 17.0 Å². The average Bonchev–Trinajstić information content (AvgIpc) is 3.18. The highest BCUT2D eigenvalue weighted by Crippen LogP contribution is 2.47. The number of hydrogen-bond donors (Lipinski definition) is 1. The molecule has 1 N–H and O–H groups in total. The molecule has 3 aromatic rings. The molecule has 172 valence electrons. The third-order valence-corrected chi connectivity index (χ3v) is 7.63. The number of carbonyl (C=O) groups is 1. The lowest BCUT2D eigenvalue weighted by Crippen LogP contribution is -2.49. The molecule has 0 bridgehead atoms. The van der Waals surface area contributed by atoms with Crippen LogP contribution in [0.1, 0.15) is 64.8 Å². The minimum atomic E-state index is -0.621. The van der Waals surface area contributed by atoms with Crippen molar-refractivity contribution in [3.05, 3.63) is 62.1 Å². The van der Waals surface area contributed by atoms with Crippen LogP contribution in [0.5, 0.6) is 0 Å². The van der Waals surface area contributed by atoms with Crippen LogP contribution in [0.25, 0.3) is 10.2 Å². The van der Waals surface area contributed by atoms with Gasteiger partial charge in [0.25, 0.3) is 11.6 Å². The van der Waals surface area contributed by atoms with Gasteiger partial charge in [0.1, 0.15) is 15.9 Å². The van der Waals surface area contributed by atoms with Crippen molar-refractivity contribution in [2.45, 2.75) is 57.8 Å². The molecule has 5 rings (SSSR count). The van der Waals surface area contributed by atoms with Gasteiger partial charge in [0, 0.05) is 30.3 Å². The number of nitro groups is 1. The van der Waals surface area contributed by atoms with Crippen molar-refractivity contribution >= 4 is 38.8 Å². The number of anilines is 1. The van der Waals surface area contributed by atoms with E-state index in [0.717, 1.165) is 53.6 Å². The maximum Gasteiger partial charge on any atom is 0.276 e. The Bertz CT molecular complexity index is 1230. The van der Waals surface area contributed by atoms with Crippen molar-refractivity contribution in [2.24, 2.45) is 0 Å². The number of fused-ring (bicyclic) bond motifs is 3. The fourth-order valence-electron chi connectivity index (χ4n) is 5.16. The first-order valence-corrected chi connectivity index (χ1v) is 12.1. The Kier molecular flexibility index (Phi) is 5.76. The number of aromatic nitrogens is 1. The van der Waals surface area contributed by atoms with Crippen LogP contribution in [0.2, 0.25) is 0 Å². The average molecular weight is 467 g/mol. The number of amides is 1. The van der Waals surface area contributed by atoms with E-state index in [2.05, 4.69) is 10.3 Å². The minimum Gasteiger partial charge on any atom is -0.380 e. The maximum absolute atomic E-state index is 14.0. The highest BCUT2D eigenvalue weighted by atomic mass is 32.1. The molecule has 1 fully saturated rings. The van der Waals surface area contributed by atoms with Crippen LogP contribution in [0.3, 0.4) is 0 Å². The van der Waals surface area contributed by atoms with E-state index in [1.54, 1.807) is 25.3 Å². The van der Waals surface area contributed by atoms with Gasteiger partial charge in [-0.05, 0) is 37.5 Å². The van der Waals surface area contributed by atoms with E-state index in [1.807, 2.05) is 17.9 Å². The molecule has 2 aliphatic rings. The van der Waals surface area contributed by atoms with Crippen LogP contribution in [-0.4, -0.2) is 33.9 Å². The summed E-state index contributed by atoms with van der Waals surface area (Å²) in [5.74, 6) is -0.0807. The number of carbonyl (C=O) groups excluding carboxylic acids is 1. The zero-order valence-corrected chi connectivity index (χ0v) is 19.5. The van der Waals surface area contributed by atoms with Gasteiger partial charge in [0.05, 0.1) is 22.8 Å².